The van der Waals surface area contributed by atoms with Crippen LogP contribution in [0.2, 0.25) is 0 Å². The van der Waals surface area contributed by atoms with E-state index in [1.165, 1.54) is 6.07 Å². The van der Waals surface area contributed by atoms with Gasteiger partial charge in [0.25, 0.3) is 10.1 Å². The van der Waals surface area contributed by atoms with E-state index < -0.39 is 15.0 Å². The Morgan fingerprint density at radius 3 is 2.24 bits per heavy atom. The van der Waals surface area contributed by atoms with Crippen molar-refractivity contribution in [3.63, 3.8) is 0 Å². The summed E-state index contributed by atoms with van der Waals surface area (Å²) in [6, 6.07) is 13.5. The van der Waals surface area contributed by atoms with Crippen LogP contribution in [0, 0.1) is 0 Å². The molecule has 0 aliphatic rings. The molecule has 7 nitrogen and oxygen atoms in total. The summed E-state index contributed by atoms with van der Waals surface area (Å²) >= 11 is 0. The van der Waals surface area contributed by atoms with E-state index in [-0.39, 0.29) is 52.4 Å². The van der Waals surface area contributed by atoms with Crippen LogP contribution in [0.25, 0.3) is 10.8 Å². The van der Waals surface area contributed by atoms with Gasteiger partial charge in [-0.3, -0.25) is 4.55 Å². The molecule has 0 radical (unpaired) electrons. The predicted molar refractivity (Wildman–Crippen MR) is 94.9 cm³/mol. The summed E-state index contributed by atoms with van der Waals surface area (Å²) in [5, 5.41) is 29.0. The fourth-order valence-corrected chi connectivity index (χ4v) is 2.70. The molecule has 0 bridgehead atoms. The van der Waals surface area contributed by atoms with Crippen LogP contribution in [-0.2, 0) is 10.1 Å². The van der Waals surface area contributed by atoms with E-state index >= 15 is 0 Å². The van der Waals surface area contributed by atoms with Gasteiger partial charge in [0.1, 0.15) is 22.9 Å². The molecule has 3 aromatic carbocycles. The van der Waals surface area contributed by atoms with Crippen molar-refractivity contribution in [3.05, 3.63) is 54.6 Å². The van der Waals surface area contributed by atoms with Gasteiger partial charge in [-0.1, -0.05) is 30.3 Å². The molecule has 0 unspecified atom stereocenters. The number of nitrogens with zero attached hydrogens (tertiary/aromatic N) is 2. The van der Waals surface area contributed by atoms with Crippen LogP contribution in [0.3, 0.4) is 0 Å². The Morgan fingerprint density at radius 1 is 0.840 bits per heavy atom. The number of aromatic hydroxyl groups is 2. The molecule has 9 heteroatoms. The summed E-state index contributed by atoms with van der Waals surface area (Å²) in [7, 11) is -4.43. The Hall–Kier alpha value is -1.97. The number of fused-ring (bicyclic) bond motifs is 1. The first-order chi connectivity index (χ1) is 11.4. The van der Waals surface area contributed by atoms with Crippen LogP contribution in [-0.4, -0.2) is 52.7 Å². The van der Waals surface area contributed by atoms with Crippen molar-refractivity contribution in [2.24, 2.45) is 10.2 Å². The number of phenols is 2. The van der Waals surface area contributed by atoms with Gasteiger partial charge in [0, 0.05) is 5.39 Å². The zero-order valence-electron chi connectivity index (χ0n) is 12.2. The molecule has 3 rings (SSSR count). The molecule has 0 spiro atoms. The van der Waals surface area contributed by atoms with Crippen molar-refractivity contribution in [2.75, 3.05) is 0 Å². The second-order valence-corrected chi connectivity index (χ2v) is 6.40. The standard InChI is InChI=1S/C16H12N2O5S.Na.H/c19-14-8-6-11(24(21,22)23)9-13(14)17-18-16-12-4-2-1-3-10(12)5-7-15(16)20;;/h1-9,19-20H,(H,21,22,23);;/b18-17+;;. The molecule has 0 saturated heterocycles. The van der Waals surface area contributed by atoms with Gasteiger partial charge < -0.3 is 10.2 Å². The van der Waals surface area contributed by atoms with E-state index in [9.17, 15) is 18.6 Å². The van der Waals surface area contributed by atoms with Crippen LogP contribution in [0.5, 0.6) is 11.5 Å². The molecule has 0 atom stereocenters. The number of benzene rings is 3. The zero-order chi connectivity index (χ0) is 17.3. The maximum atomic E-state index is 11.2. The molecule has 0 aliphatic heterocycles. The second kappa shape index (κ2) is 7.51. The van der Waals surface area contributed by atoms with Crippen molar-refractivity contribution in [1.82, 2.24) is 0 Å². The predicted octanol–water partition coefficient (Wildman–Crippen LogP) is 3.26. The molecule has 0 aromatic heterocycles. The first-order valence-corrected chi connectivity index (χ1v) is 8.23. The van der Waals surface area contributed by atoms with Gasteiger partial charge >= 0.3 is 29.6 Å². The molecule has 0 amide bonds. The van der Waals surface area contributed by atoms with Crippen LogP contribution in [0.4, 0.5) is 11.4 Å². The third kappa shape index (κ3) is 4.17. The van der Waals surface area contributed by atoms with E-state index in [2.05, 4.69) is 10.2 Å². The van der Waals surface area contributed by atoms with Crippen molar-refractivity contribution < 1.29 is 23.2 Å². The average molecular weight is 368 g/mol. The Kier molecular flexibility index (Phi) is 5.81. The van der Waals surface area contributed by atoms with Crippen LogP contribution < -0.4 is 0 Å². The quantitative estimate of drug-likeness (QED) is 0.372. The van der Waals surface area contributed by atoms with Crippen LogP contribution in [0.15, 0.2) is 69.7 Å². The Labute approximate surface area is 165 Å². The minimum atomic E-state index is -4.43. The van der Waals surface area contributed by atoms with Crippen molar-refractivity contribution >= 4 is 61.8 Å². The van der Waals surface area contributed by atoms with Gasteiger partial charge in [0.2, 0.25) is 0 Å². The normalized spacial score (nSPS) is 11.6. The van der Waals surface area contributed by atoms with Gasteiger partial charge in [-0.15, -0.1) is 10.2 Å². The maximum absolute atomic E-state index is 11.2. The molecule has 25 heavy (non-hydrogen) atoms. The van der Waals surface area contributed by atoms with Crippen LogP contribution >= 0.6 is 0 Å². The van der Waals surface area contributed by atoms with Crippen molar-refractivity contribution in [1.29, 1.82) is 0 Å². The molecule has 3 N–H and O–H groups in total. The topological polar surface area (TPSA) is 120 Å². The molecule has 0 heterocycles. The summed E-state index contributed by atoms with van der Waals surface area (Å²) < 4.78 is 31.4. The Balaban J connectivity index is 0.00000225. The van der Waals surface area contributed by atoms with Gasteiger partial charge in [-0.25, -0.2) is 0 Å². The first-order valence-electron chi connectivity index (χ1n) is 6.79. The van der Waals surface area contributed by atoms with Crippen molar-refractivity contribution in [3.8, 4) is 11.5 Å². The van der Waals surface area contributed by atoms with Gasteiger partial charge in [-0.05, 0) is 29.7 Å². The number of rotatable bonds is 3. The third-order valence-corrected chi connectivity index (χ3v) is 4.23. The van der Waals surface area contributed by atoms with Crippen molar-refractivity contribution in [2.45, 2.75) is 4.90 Å². The molecular weight excluding hydrogens is 355 g/mol. The van der Waals surface area contributed by atoms with E-state index in [0.717, 1.165) is 23.6 Å². The number of hydrogen-bond acceptors (Lipinski definition) is 6. The van der Waals surface area contributed by atoms with E-state index in [4.69, 9.17) is 4.55 Å². The van der Waals surface area contributed by atoms with E-state index in [1.54, 1.807) is 18.2 Å². The minimum absolute atomic E-state index is 0. The molecule has 0 saturated carbocycles. The first kappa shape index (κ1) is 19.4. The molecule has 0 aliphatic carbocycles. The zero-order valence-corrected chi connectivity index (χ0v) is 13.0. The molecular formula is C16H13N2NaO5S. The summed E-state index contributed by atoms with van der Waals surface area (Å²) in [6.45, 7) is 0. The summed E-state index contributed by atoms with van der Waals surface area (Å²) in [6.07, 6.45) is 0. The van der Waals surface area contributed by atoms with Gasteiger partial charge in [0.15, 0.2) is 0 Å². The van der Waals surface area contributed by atoms with Gasteiger partial charge in [0.05, 0.1) is 4.90 Å². The molecule has 3 aromatic rings. The fraction of sp³-hybridized carbons (Fsp3) is 0. The number of azo groups is 1. The number of hydrogen-bond donors (Lipinski definition) is 3. The Morgan fingerprint density at radius 2 is 1.52 bits per heavy atom. The third-order valence-electron chi connectivity index (χ3n) is 3.38. The van der Waals surface area contributed by atoms with E-state index in [0.29, 0.717) is 5.39 Å². The van der Waals surface area contributed by atoms with Gasteiger partial charge in [-0.2, -0.15) is 8.42 Å². The SMILES string of the molecule is O=S(=O)(O)c1ccc(O)c(/N=N/c2c(O)ccc3ccccc23)c1.[NaH]. The Bertz CT molecular complexity index is 1070. The molecule has 124 valence electrons. The monoisotopic (exact) mass is 368 g/mol. The summed E-state index contributed by atoms with van der Waals surface area (Å²) in [4.78, 5) is -0.420. The molecule has 0 fully saturated rings. The van der Waals surface area contributed by atoms with Crippen LogP contribution in [0.1, 0.15) is 0 Å². The second-order valence-electron chi connectivity index (χ2n) is 4.98. The van der Waals surface area contributed by atoms with E-state index in [1.807, 2.05) is 12.1 Å². The average Bonchev–Trinajstić information content (AvgIpc) is 2.54. The summed E-state index contributed by atoms with van der Waals surface area (Å²) in [5.74, 6) is -0.422. The summed E-state index contributed by atoms with van der Waals surface area (Å²) in [5.41, 5.74) is 0.0298. The number of phenolic OH excluding ortho intramolecular Hbond substituents is 2. The fourth-order valence-electron chi connectivity index (χ4n) is 2.20.